The number of hydrogen-bond donors (Lipinski definition) is 0. The minimum atomic E-state index is 0.301. The van der Waals surface area contributed by atoms with Crippen LogP contribution in [-0.2, 0) is 4.74 Å². The van der Waals surface area contributed by atoms with Crippen molar-refractivity contribution < 1.29 is 4.74 Å². The van der Waals surface area contributed by atoms with E-state index in [1.807, 2.05) is 0 Å². The summed E-state index contributed by atoms with van der Waals surface area (Å²) < 4.78 is 5.09. The molecule has 0 aromatic rings. The van der Waals surface area contributed by atoms with E-state index in [1.165, 1.54) is 0 Å². The molecule has 0 bridgehead atoms. The highest BCUT2D eigenvalue weighted by Gasteiger charge is 2.18. The number of allylic oxidation sites excluding steroid dienone is 1. The van der Waals surface area contributed by atoms with E-state index in [1.54, 1.807) is 7.11 Å². The Kier molecular flexibility index (Phi) is 2.08. The molecule has 0 aliphatic heterocycles. The number of alkyl halides is 1. The number of rotatable bonds is 1. The molecule has 2 heteroatoms. The van der Waals surface area contributed by atoms with E-state index >= 15 is 0 Å². The van der Waals surface area contributed by atoms with Crippen LogP contribution in [0.1, 0.15) is 6.42 Å². The van der Waals surface area contributed by atoms with Gasteiger partial charge in [0.1, 0.15) is 0 Å². The lowest BCUT2D eigenvalue weighted by Gasteiger charge is -2.09. The fourth-order valence-electron chi connectivity index (χ4n) is 0.824. The van der Waals surface area contributed by atoms with Crippen LogP contribution in [-0.4, -0.2) is 18.0 Å². The van der Waals surface area contributed by atoms with E-state index in [0.717, 1.165) is 6.42 Å². The molecule has 2 atom stereocenters. The van der Waals surface area contributed by atoms with Gasteiger partial charge in [-0.1, -0.05) is 28.1 Å². The van der Waals surface area contributed by atoms with E-state index in [4.69, 9.17) is 4.74 Å². The molecular formula is C6H9BrO. The summed E-state index contributed by atoms with van der Waals surface area (Å²) in [6.07, 6.45) is 5.61. The third-order valence-electron chi connectivity index (χ3n) is 1.32. The lowest BCUT2D eigenvalue weighted by molar-refractivity contribution is 0.146. The summed E-state index contributed by atoms with van der Waals surface area (Å²) in [4.78, 5) is 0.507. The summed E-state index contributed by atoms with van der Waals surface area (Å²) in [5.74, 6) is 0. The van der Waals surface area contributed by atoms with Crippen molar-refractivity contribution in [3.63, 3.8) is 0 Å². The first kappa shape index (κ1) is 6.30. The van der Waals surface area contributed by atoms with Gasteiger partial charge in [0.15, 0.2) is 0 Å². The Balaban J connectivity index is 2.41. The summed E-state index contributed by atoms with van der Waals surface area (Å²) in [7, 11) is 1.73. The van der Waals surface area contributed by atoms with Crippen LogP contribution >= 0.6 is 15.9 Å². The first-order valence-electron chi connectivity index (χ1n) is 2.68. The van der Waals surface area contributed by atoms with Gasteiger partial charge in [-0.25, -0.2) is 0 Å². The zero-order valence-electron chi connectivity index (χ0n) is 4.80. The standard InChI is InChI=1S/C6H9BrO/c1-8-6-4-2-3-5(6)7/h2,4-6H,3H2,1H3/t5-,6-/m1/s1. The van der Waals surface area contributed by atoms with Crippen molar-refractivity contribution in [2.75, 3.05) is 7.11 Å². The fourth-order valence-corrected chi connectivity index (χ4v) is 1.43. The average molecular weight is 177 g/mol. The Morgan fingerprint density at radius 1 is 1.75 bits per heavy atom. The second kappa shape index (κ2) is 2.65. The van der Waals surface area contributed by atoms with Crippen LogP contribution in [0.5, 0.6) is 0 Å². The van der Waals surface area contributed by atoms with Gasteiger partial charge in [0.2, 0.25) is 0 Å². The van der Waals surface area contributed by atoms with Crippen LogP contribution < -0.4 is 0 Å². The van der Waals surface area contributed by atoms with Crippen LogP contribution in [0, 0.1) is 0 Å². The zero-order chi connectivity index (χ0) is 5.98. The largest absolute Gasteiger partial charge is 0.376 e. The Morgan fingerprint density at radius 3 is 2.75 bits per heavy atom. The highest BCUT2D eigenvalue weighted by molar-refractivity contribution is 9.09. The third kappa shape index (κ3) is 1.12. The van der Waals surface area contributed by atoms with Gasteiger partial charge < -0.3 is 4.74 Å². The van der Waals surface area contributed by atoms with Crippen molar-refractivity contribution in [3.8, 4) is 0 Å². The quantitative estimate of drug-likeness (QED) is 0.437. The molecule has 0 aromatic heterocycles. The van der Waals surface area contributed by atoms with E-state index in [-0.39, 0.29) is 0 Å². The summed E-state index contributed by atoms with van der Waals surface area (Å²) in [6, 6.07) is 0. The molecule has 0 N–H and O–H groups in total. The maximum absolute atomic E-state index is 5.09. The Labute approximate surface area is 57.8 Å². The molecule has 0 amide bonds. The minimum absolute atomic E-state index is 0.301. The summed E-state index contributed by atoms with van der Waals surface area (Å²) in [5.41, 5.74) is 0. The van der Waals surface area contributed by atoms with Gasteiger partial charge >= 0.3 is 0 Å². The second-order valence-electron chi connectivity index (χ2n) is 1.88. The van der Waals surface area contributed by atoms with Crippen LogP contribution in [0.15, 0.2) is 12.2 Å². The first-order valence-corrected chi connectivity index (χ1v) is 3.59. The topological polar surface area (TPSA) is 9.23 Å². The molecule has 1 nitrogen and oxygen atoms in total. The van der Waals surface area contributed by atoms with Gasteiger partial charge in [-0.05, 0) is 6.42 Å². The third-order valence-corrected chi connectivity index (χ3v) is 2.21. The van der Waals surface area contributed by atoms with Crippen molar-refractivity contribution in [2.24, 2.45) is 0 Å². The molecule has 0 heterocycles. The van der Waals surface area contributed by atoms with E-state index in [2.05, 4.69) is 28.1 Å². The molecule has 0 unspecified atom stereocenters. The molecule has 0 saturated heterocycles. The number of hydrogen-bond acceptors (Lipinski definition) is 1. The van der Waals surface area contributed by atoms with Crippen molar-refractivity contribution in [3.05, 3.63) is 12.2 Å². The van der Waals surface area contributed by atoms with Crippen molar-refractivity contribution in [1.82, 2.24) is 0 Å². The summed E-state index contributed by atoms with van der Waals surface area (Å²) >= 11 is 3.48. The molecule has 1 aliphatic carbocycles. The Morgan fingerprint density at radius 2 is 2.50 bits per heavy atom. The maximum Gasteiger partial charge on any atom is 0.0879 e. The van der Waals surface area contributed by atoms with Crippen molar-refractivity contribution in [2.45, 2.75) is 17.4 Å². The molecule has 0 spiro atoms. The zero-order valence-corrected chi connectivity index (χ0v) is 6.39. The molecule has 8 heavy (non-hydrogen) atoms. The van der Waals surface area contributed by atoms with Gasteiger partial charge in [-0.3, -0.25) is 0 Å². The van der Waals surface area contributed by atoms with Gasteiger partial charge in [-0.15, -0.1) is 0 Å². The summed E-state index contributed by atoms with van der Waals surface area (Å²) in [6.45, 7) is 0. The molecule has 0 aromatic carbocycles. The number of methoxy groups -OCH3 is 1. The SMILES string of the molecule is CO[C@@H]1C=CC[C@H]1Br. The van der Waals surface area contributed by atoms with E-state index < -0.39 is 0 Å². The molecule has 0 fully saturated rings. The molecule has 46 valence electrons. The van der Waals surface area contributed by atoms with Gasteiger partial charge in [-0.2, -0.15) is 0 Å². The molecule has 0 saturated carbocycles. The van der Waals surface area contributed by atoms with Gasteiger partial charge in [0.25, 0.3) is 0 Å². The highest BCUT2D eigenvalue weighted by atomic mass is 79.9. The van der Waals surface area contributed by atoms with Gasteiger partial charge in [0, 0.05) is 11.9 Å². The van der Waals surface area contributed by atoms with Crippen LogP contribution in [0.2, 0.25) is 0 Å². The molecule has 1 aliphatic rings. The minimum Gasteiger partial charge on any atom is -0.376 e. The maximum atomic E-state index is 5.09. The average Bonchev–Trinajstić information content (AvgIpc) is 2.14. The highest BCUT2D eigenvalue weighted by Crippen LogP contribution is 2.20. The van der Waals surface area contributed by atoms with Gasteiger partial charge in [0.05, 0.1) is 6.10 Å². The van der Waals surface area contributed by atoms with E-state index in [9.17, 15) is 0 Å². The smallest absolute Gasteiger partial charge is 0.0879 e. The molecule has 1 rings (SSSR count). The molecular weight excluding hydrogens is 168 g/mol. The number of ether oxygens (including phenoxy) is 1. The van der Waals surface area contributed by atoms with Crippen LogP contribution in [0.3, 0.4) is 0 Å². The van der Waals surface area contributed by atoms with E-state index in [0.29, 0.717) is 10.9 Å². The Bertz CT molecular complexity index is 101. The Hall–Kier alpha value is 0.180. The summed E-state index contributed by atoms with van der Waals surface area (Å²) in [5, 5.41) is 0. The monoisotopic (exact) mass is 176 g/mol. The lowest BCUT2D eigenvalue weighted by atomic mass is 10.3. The molecule has 0 radical (unpaired) electrons. The lowest BCUT2D eigenvalue weighted by Crippen LogP contribution is -2.14. The van der Waals surface area contributed by atoms with Crippen LogP contribution in [0.25, 0.3) is 0 Å². The predicted octanol–water partition coefficient (Wildman–Crippen LogP) is 1.72. The fraction of sp³-hybridized carbons (Fsp3) is 0.667. The van der Waals surface area contributed by atoms with Crippen molar-refractivity contribution >= 4 is 15.9 Å². The predicted molar refractivity (Wildman–Crippen MR) is 37.3 cm³/mol. The van der Waals surface area contributed by atoms with Crippen molar-refractivity contribution in [1.29, 1.82) is 0 Å². The normalized spacial score (nSPS) is 36.2. The number of halogens is 1. The second-order valence-corrected chi connectivity index (χ2v) is 3.06. The van der Waals surface area contributed by atoms with Crippen LogP contribution in [0.4, 0.5) is 0 Å². The first-order chi connectivity index (χ1) is 3.84.